The van der Waals surface area contributed by atoms with Gasteiger partial charge < -0.3 is 11.1 Å². The molecule has 0 aromatic heterocycles. The van der Waals surface area contributed by atoms with Crippen molar-refractivity contribution in [2.45, 2.75) is 37.5 Å². The summed E-state index contributed by atoms with van der Waals surface area (Å²) in [5, 5.41) is 3.68. The van der Waals surface area contributed by atoms with Crippen molar-refractivity contribution in [3.8, 4) is 0 Å². The zero-order chi connectivity index (χ0) is 14.9. The molecule has 2 saturated carbocycles. The van der Waals surface area contributed by atoms with Gasteiger partial charge in [0.1, 0.15) is 5.82 Å². The first kappa shape index (κ1) is 17.8. The van der Waals surface area contributed by atoms with Crippen molar-refractivity contribution >= 4 is 41.5 Å². The lowest BCUT2D eigenvalue weighted by molar-refractivity contribution is 0.315. The maximum absolute atomic E-state index is 13.1. The van der Waals surface area contributed by atoms with Crippen molar-refractivity contribution < 1.29 is 4.39 Å². The zero-order valence-electron chi connectivity index (χ0n) is 12.4. The Morgan fingerprint density at radius 2 is 2.14 bits per heavy atom. The van der Waals surface area contributed by atoms with Crippen LogP contribution in [0.3, 0.4) is 0 Å². The van der Waals surface area contributed by atoms with E-state index in [0.29, 0.717) is 17.5 Å². The van der Waals surface area contributed by atoms with Crippen LogP contribution in [0.25, 0.3) is 0 Å². The Kier molecular flexibility index (Phi) is 5.94. The summed E-state index contributed by atoms with van der Waals surface area (Å²) in [5.41, 5.74) is 6.86. The van der Waals surface area contributed by atoms with E-state index in [1.54, 1.807) is 6.07 Å². The van der Waals surface area contributed by atoms with Crippen LogP contribution in [0.1, 0.15) is 37.7 Å². The van der Waals surface area contributed by atoms with E-state index in [1.165, 1.54) is 31.4 Å². The molecule has 6 heteroatoms. The Bertz CT molecular complexity index is 556. The van der Waals surface area contributed by atoms with Crippen LogP contribution in [0.2, 0.25) is 5.02 Å². The molecule has 1 aromatic carbocycles. The summed E-state index contributed by atoms with van der Waals surface area (Å²) in [5.74, 6) is 0.955. The SMILES string of the molecule is I.NC(=NCC1(c2ccc(F)cc2Cl)CC1)NCC1CCC1. The lowest BCUT2D eigenvalue weighted by Gasteiger charge is -2.25. The van der Waals surface area contributed by atoms with Crippen LogP contribution >= 0.6 is 35.6 Å². The van der Waals surface area contributed by atoms with Gasteiger partial charge in [0, 0.05) is 17.0 Å². The van der Waals surface area contributed by atoms with E-state index in [1.807, 2.05) is 0 Å². The molecule has 122 valence electrons. The third kappa shape index (κ3) is 4.04. The maximum Gasteiger partial charge on any atom is 0.188 e. The van der Waals surface area contributed by atoms with E-state index in [9.17, 15) is 4.39 Å². The molecule has 3 nitrogen and oxygen atoms in total. The molecule has 2 aliphatic carbocycles. The fraction of sp³-hybridized carbons (Fsp3) is 0.562. The van der Waals surface area contributed by atoms with Crippen LogP contribution < -0.4 is 11.1 Å². The molecule has 0 unspecified atom stereocenters. The third-order valence-electron chi connectivity index (χ3n) is 4.70. The molecule has 3 rings (SSSR count). The molecule has 0 amide bonds. The molecule has 1 aromatic rings. The summed E-state index contributed by atoms with van der Waals surface area (Å²) in [4.78, 5) is 4.46. The number of nitrogens with one attached hydrogen (secondary N) is 1. The number of halogens is 3. The number of benzene rings is 1. The van der Waals surface area contributed by atoms with Gasteiger partial charge in [0.25, 0.3) is 0 Å². The number of guanidine groups is 1. The van der Waals surface area contributed by atoms with Gasteiger partial charge in [0.15, 0.2) is 5.96 Å². The van der Waals surface area contributed by atoms with E-state index >= 15 is 0 Å². The molecule has 0 heterocycles. The van der Waals surface area contributed by atoms with E-state index < -0.39 is 0 Å². The van der Waals surface area contributed by atoms with Crippen molar-refractivity contribution in [1.29, 1.82) is 0 Å². The van der Waals surface area contributed by atoms with Crippen LogP contribution in [0.5, 0.6) is 0 Å². The predicted molar refractivity (Wildman–Crippen MR) is 99.6 cm³/mol. The molecule has 0 atom stereocenters. The van der Waals surface area contributed by atoms with Crippen LogP contribution in [-0.2, 0) is 5.41 Å². The van der Waals surface area contributed by atoms with Gasteiger partial charge in [-0.3, -0.25) is 4.99 Å². The van der Waals surface area contributed by atoms with E-state index in [-0.39, 0.29) is 35.2 Å². The molecular formula is C16H22ClFIN3. The topological polar surface area (TPSA) is 50.4 Å². The number of hydrogen-bond acceptors (Lipinski definition) is 1. The van der Waals surface area contributed by atoms with Crippen molar-refractivity contribution in [3.05, 3.63) is 34.6 Å². The Morgan fingerprint density at radius 3 is 2.68 bits per heavy atom. The highest BCUT2D eigenvalue weighted by Gasteiger charge is 2.45. The molecule has 0 bridgehead atoms. The van der Waals surface area contributed by atoms with Crippen LogP contribution in [0.15, 0.2) is 23.2 Å². The lowest BCUT2D eigenvalue weighted by atomic mass is 9.85. The van der Waals surface area contributed by atoms with Crippen molar-refractivity contribution in [2.75, 3.05) is 13.1 Å². The highest BCUT2D eigenvalue weighted by molar-refractivity contribution is 14.0. The minimum Gasteiger partial charge on any atom is -0.370 e. The first-order chi connectivity index (χ1) is 10.1. The Hall–Kier alpha value is -0.560. The predicted octanol–water partition coefficient (Wildman–Crippen LogP) is 3.83. The average Bonchev–Trinajstić information content (AvgIpc) is 3.15. The Labute approximate surface area is 152 Å². The molecular weight excluding hydrogens is 416 g/mol. The molecule has 0 saturated heterocycles. The van der Waals surface area contributed by atoms with Gasteiger partial charge in [0.2, 0.25) is 0 Å². The molecule has 2 fully saturated rings. The number of aliphatic imine (C=N–C) groups is 1. The quantitative estimate of drug-likeness (QED) is 0.418. The summed E-state index contributed by atoms with van der Waals surface area (Å²) in [6.45, 7) is 1.53. The fourth-order valence-electron chi connectivity index (χ4n) is 2.82. The van der Waals surface area contributed by atoms with E-state index in [4.69, 9.17) is 17.3 Å². The highest BCUT2D eigenvalue weighted by atomic mass is 127. The highest BCUT2D eigenvalue weighted by Crippen LogP contribution is 2.50. The molecule has 0 spiro atoms. The van der Waals surface area contributed by atoms with Gasteiger partial charge in [-0.25, -0.2) is 4.39 Å². The van der Waals surface area contributed by atoms with Gasteiger partial charge in [-0.1, -0.05) is 24.1 Å². The van der Waals surface area contributed by atoms with Crippen molar-refractivity contribution in [2.24, 2.45) is 16.6 Å². The smallest absolute Gasteiger partial charge is 0.188 e. The normalized spacial score (nSPS) is 20.0. The van der Waals surface area contributed by atoms with Gasteiger partial charge >= 0.3 is 0 Å². The largest absolute Gasteiger partial charge is 0.370 e. The second-order valence-electron chi connectivity index (χ2n) is 6.28. The Balaban J connectivity index is 0.00000176. The number of rotatable bonds is 5. The standard InChI is InChI=1S/C16H21ClFN3.HI/c17-14-8-12(18)4-5-13(14)16(6-7-16)10-21-15(19)20-9-11-2-1-3-11;/h4-5,8,11H,1-3,6-7,9-10H2,(H3,19,20,21);1H. The maximum atomic E-state index is 13.1. The number of hydrogen-bond donors (Lipinski definition) is 2. The average molecular weight is 438 g/mol. The summed E-state index contributed by atoms with van der Waals surface area (Å²) in [6.07, 6.45) is 5.95. The molecule has 3 N–H and O–H groups in total. The van der Waals surface area contributed by atoms with Gasteiger partial charge in [-0.15, -0.1) is 24.0 Å². The summed E-state index contributed by atoms with van der Waals surface area (Å²) in [7, 11) is 0. The van der Waals surface area contributed by atoms with Gasteiger partial charge in [0.05, 0.1) is 6.54 Å². The first-order valence-electron chi connectivity index (χ1n) is 7.58. The Morgan fingerprint density at radius 1 is 1.41 bits per heavy atom. The molecule has 0 aliphatic heterocycles. The monoisotopic (exact) mass is 437 g/mol. The molecule has 22 heavy (non-hydrogen) atoms. The van der Waals surface area contributed by atoms with Crippen molar-refractivity contribution in [3.63, 3.8) is 0 Å². The minimum atomic E-state index is -0.301. The summed E-state index contributed by atoms with van der Waals surface area (Å²) < 4.78 is 13.1. The number of nitrogens with zero attached hydrogens (tertiary/aromatic N) is 1. The van der Waals surface area contributed by atoms with Gasteiger partial charge in [-0.05, 0) is 49.3 Å². The zero-order valence-corrected chi connectivity index (χ0v) is 15.5. The van der Waals surface area contributed by atoms with Crippen LogP contribution in [0, 0.1) is 11.7 Å². The second-order valence-corrected chi connectivity index (χ2v) is 6.69. The molecule has 0 radical (unpaired) electrons. The first-order valence-corrected chi connectivity index (χ1v) is 7.96. The minimum absolute atomic E-state index is 0. The summed E-state index contributed by atoms with van der Waals surface area (Å²) >= 11 is 6.16. The lowest BCUT2D eigenvalue weighted by Crippen LogP contribution is -2.37. The van der Waals surface area contributed by atoms with E-state index in [2.05, 4.69) is 10.3 Å². The van der Waals surface area contributed by atoms with Crippen LogP contribution in [-0.4, -0.2) is 19.0 Å². The van der Waals surface area contributed by atoms with Crippen LogP contribution in [0.4, 0.5) is 4.39 Å². The number of nitrogens with two attached hydrogens (primary N) is 1. The molecule has 2 aliphatic rings. The van der Waals surface area contributed by atoms with E-state index in [0.717, 1.165) is 30.9 Å². The third-order valence-corrected chi connectivity index (χ3v) is 5.02. The second kappa shape index (κ2) is 7.34. The van der Waals surface area contributed by atoms with Crippen molar-refractivity contribution in [1.82, 2.24) is 5.32 Å². The fourth-order valence-corrected chi connectivity index (χ4v) is 3.19. The van der Waals surface area contributed by atoms with Gasteiger partial charge in [-0.2, -0.15) is 0 Å². The summed E-state index contributed by atoms with van der Waals surface area (Å²) in [6, 6.07) is 4.61.